The van der Waals surface area contributed by atoms with Crippen LogP contribution in [0.4, 0.5) is 10.2 Å². The van der Waals surface area contributed by atoms with Crippen molar-refractivity contribution in [1.29, 1.82) is 0 Å². The van der Waals surface area contributed by atoms with Crippen LogP contribution in [0.1, 0.15) is 61.4 Å². The molecule has 0 radical (unpaired) electrons. The third-order valence-electron chi connectivity index (χ3n) is 4.93. The number of hydrogen-bond donors (Lipinski definition) is 1. The van der Waals surface area contributed by atoms with Gasteiger partial charge in [-0.2, -0.15) is 0 Å². The van der Waals surface area contributed by atoms with Gasteiger partial charge in [0.15, 0.2) is 5.82 Å². The molecule has 25 heavy (non-hydrogen) atoms. The van der Waals surface area contributed by atoms with Gasteiger partial charge in [0.05, 0.1) is 21.9 Å². The summed E-state index contributed by atoms with van der Waals surface area (Å²) in [4.78, 5) is 17.4. The molecule has 1 unspecified atom stereocenters. The Morgan fingerprint density at radius 3 is 2.80 bits per heavy atom. The number of halogens is 2. The van der Waals surface area contributed by atoms with Crippen molar-refractivity contribution in [2.24, 2.45) is 4.99 Å². The van der Waals surface area contributed by atoms with E-state index in [2.05, 4.69) is 10.1 Å². The summed E-state index contributed by atoms with van der Waals surface area (Å²) in [6, 6.07) is 4.63. The highest BCUT2D eigenvalue weighted by Crippen LogP contribution is 2.46. The molecule has 4 nitrogen and oxygen atoms in total. The van der Waals surface area contributed by atoms with E-state index in [-0.39, 0.29) is 22.7 Å². The lowest BCUT2D eigenvalue weighted by atomic mass is 9.95. The van der Waals surface area contributed by atoms with Gasteiger partial charge in [-0.05, 0) is 37.5 Å². The van der Waals surface area contributed by atoms with Crippen LogP contribution in [0.5, 0.6) is 0 Å². The molecule has 7 heteroatoms. The zero-order chi connectivity index (χ0) is 17.6. The Morgan fingerprint density at radius 1 is 1.32 bits per heavy atom. The van der Waals surface area contributed by atoms with Crippen molar-refractivity contribution in [3.05, 3.63) is 50.5 Å². The summed E-state index contributed by atoms with van der Waals surface area (Å²) < 4.78 is 15.4. The van der Waals surface area contributed by atoms with Crippen LogP contribution in [0.2, 0.25) is 5.02 Å². The lowest BCUT2D eigenvalue weighted by Gasteiger charge is -2.26. The molecule has 1 saturated carbocycles. The molecule has 0 spiro atoms. The average Bonchev–Trinajstić information content (AvgIpc) is 2.92. The van der Waals surface area contributed by atoms with E-state index >= 15 is 0 Å². The second kappa shape index (κ2) is 6.65. The number of H-pyrrole nitrogens is 1. The summed E-state index contributed by atoms with van der Waals surface area (Å²) >= 11 is 7.76. The minimum atomic E-state index is -0.381. The Labute approximate surface area is 154 Å². The zero-order valence-electron chi connectivity index (χ0n) is 13.9. The highest BCUT2D eigenvalue weighted by atomic mass is 35.5. The number of aromatic nitrogens is 2. The fraction of sp³-hybridized carbons (Fsp3) is 0.444. The van der Waals surface area contributed by atoms with E-state index < -0.39 is 0 Å². The topological polar surface area (TPSA) is 50.1 Å². The Hall–Kier alpha value is -1.53. The normalized spacial score (nSPS) is 21.1. The Kier molecular flexibility index (Phi) is 4.50. The molecule has 1 aromatic heterocycles. The molecule has 2 aliphatic rings. The van der Waals surface area contributed by atoms with Gasteiger partial charge in [-0.1, -0.05) is 48.7 Å². The van der Waals surface area contributed by atoms with Crippen LogP contribution in [0.25, 0.3) is 0 Å². The number of aromatic amines is 1. The molecule has 132 valence electrons. The SMILES string of the molecule is CC1=Nc2c(c(=O)[nH]n2C2CCCCC2)C(c2ccc(F)cc2Cl)S1. The van der Waals surface area contributed by atoms with E-state index in [1.165, 1.54) is 43.2 Å². The minimum absolute atomic E-state index is 0.130. The second-order valence-corrected chi connectivity index (χ2v) is 8.34. The molecule has 0 bridgehead atoms. The van der Waals surface area contributed by atoms with Gasteiger partial charge in [-0.15, -0.1) is 0 Å². The third-order valence-corrected chi connectivity index (χ3v) is 6.42. The second-order valence-electron chi connectivity index (χ2n) is 6.63. The van der Waals surface area contributed by atoms with Crippen LogP contribution in [-0.4, -0.2) is 14.8 Å². The van der Waals surface area contributed by atoms with Crippen molar-refractivity contribution in [1.82, 2.24) is 9.78 Å². The molecule has 1 atom stereocenters. The Morgan fingerprint density at radius 2 is 2.08 bits per heavy atom. The van der Waals surface area contributed by atoms with Crippen molar-refractivity contribution in [3.8, 4) is 0 Å². The van der Waals surface area contributed by atoms with Crippen molar-refractivity contribution < 1.29 is 4.39 Å². The number of aliphatic imine (C=N–C) groups is 1. The molecular weight excluding hydrogens is 361 g/mol. The molecule has 0 saturated heterocycles. The van der Waals surface area contributed by atoms with Gasteiger partial charge in [0.1, 0.15) is 5.82 Å². The molecule has 0 amide bonds. The van der Waals surface area contributed by atoms with E-state index in [0.29, 0.717) is 16.4 Å². The van der Waals surface area contributed by atoms with Gasteiger partial charge in [-0.3, -0.25) is 14.6 Å². The maximum absolute atomic E-state index is 13.4. The van der Waals surface area contributed by atoms with Gasteiger partial charge in [0.2, 0.25) is 0 Å². The van der Waals surface area contributed by atoms with Gasteiger partial charge < -0.3 is 0 Å². The minimum Gasteiger partial charge on any atom is -0.268 e. The largest absolute Gasteiger partial charge is 0.271 e. The van der Waals surface area contributed by atoms with E-state index in [9.17, 15) is 9.18 Å². The summed E-state index contributed by atoms with van der Waals surface area (Å²) in [5.41, 5.74) is 1.24. The number of nitrogens with zero attached hydrogens (tertiary/aromatic N) is 2. The first-order valence-corrected chi connectivity index (χ1v) is 9.81. The Balaban J connectivity index is 1.83. The molecule has 1 aliphatic carbocycles. The molecular formula is C18H19ClFN3OS. The molecule has 1 fully saturated rings. The lowest BCUT2D eigenvalue weighted by molar-refractivity contribution is 0.331. The smallest absolute Gasteiger partial charge is 0.268 e. The number of benzene rings is 1. The number of fused-ring (bicyclic) bond motifs is 1. The van der Waals surface area contributed by atoms with Gasteiger partial charge in [0, 0.05) is 5.02 Å². The van der Waals surface area contributed by atoms with Crippen LogP contribution in [0.3, 0.4) is 0 Å². The van der Waals surface area contributed by atoms with Gasteiger partial charge in [-0.25, -0.2) is 9.38 Å². The fourth-order valence-corrected chi connectivity index (χ4v) is 5.23. The van der Waals surface area contributed by atoms with E-state index in [1.807, 2.05) is 11.6 Å². The maximum Gasteiger partial charge on any atom is 0.271 e. The standard InChI is InChI=1S/C18H19ClFN3OS/c1-10-21-17-15(16(25-10)13-8-7-11(20)9-14(13)19)18(24)22-23(17)12-5-3-2-4-6-12/h7-9,12,16H,2-6H2,1H3,(H,22,24). The van der Waals surface area contributed by atoms with Gasteiger partial charge in [0.25, 0.3) is 5.56 Å². The summed E-state index contributed by atoms with van der Waals surface area (Å²) in [6.45, 7) is 1.93. The Bertz CT molecular complexity index is 898. The summed E-state index contributed by atoms with van der Waals surface area (Å²) in [6.07, 6.45) is 5.70. The monoisotopic (exact) mass is 379 g/mol. The first-order valence-electron chi connectivity index (χ1n) is 8.56. The van der Waals surface area contributed by atoms with Crippen LogP contribution < -0.4 is 5.56 Å². The first kappa shape index (κ1) is 16.9. The molecule has 1 aromatic carbocycles. The summed E-state index contributed by atoms with van der Waals surface area (Å²) in [5.74, 6) is 0.326. The van der Waals surface area contributed by atoms with E-state index in [4.69, 9.17) is 11.6 Å². The van der Waals surface area contributed by atoms with Crippen LogP contribution in [-0.2, 0) is 0 Å². The molecule has 1 N–H and O–H groups in total. The van der Waals surface area contributed by atoms with Crippen LogP contribution >= 0.6 is 23.4 Å². The number of rotatable bonds is 2. The van der Waals surface area contributed by atoms with Crippen LogP contribution in [0, 0.1) is 5.82 Å². The number of hydrogen-bond acceptors (Lipinski definition) is 3. The highest BCUT2D eigenvalue weighted by Gasteiger charge is 2.33. The van der Waals surface area contributed by atoms with Crippen molar-refractivity contribution in [3.63, 3.8) is 0 Å². The third kappa shape index (κ3) is 3.06. The molecule has 2 heterocycles. The lowest BCUT2D eigenvalue weighted by Crippen LogP contribution is -2.16. The van der Waals surface area contributed by atoms with Crippen molar-refractivity contribution >= 4 is 34.2 Å². The van der Waals surface area contributed by atoms with Crippen LogP contribution in [0.15, 0.2) is 28.0 Å². The molecule has 1 aliphatic heterocycles. The zero-order valence-corrected chi connectivity index (χ0v) is 15.5. The summed E-state index contributed by atoms with van der Waals surface area (Å²) in [7, 11) is 0. The molecule has 4 rings (SSSR count). The number of thioether (sulfide) groups is 1. The quantitative estimate of drug-likeness (QED) is 0.763. The van der Waals surface area contributed by atoms with Crippen molar-refractivity contribution in [2.75, 3.05) is 0 Å². The van der Waals surface area contributed by atoms with Crippen molar-refractivity contribution in [2.45, 2.75) is 50.3 Å². The highest BCUT2D eigenvalue weighted by molar-refractivity contribution is 8.14. The molecule has 2 aromatic rings. The van der Waals surface area contributed by atoms with E-state index in [0.717, 1.165) is 23.4 Å². The van der Waals surface area contributed by atoms with Gasteiger partial charge >= 0.3 is 0 Å². The average molecular weight is 380 g/mol. The first-order chi connectivity index (χ1) is 12.0. The fourth-order valence-electron chi connectivity index (χ4n) is 3.75. The number of nitrogens with one attached hydrogen (secondary N) is 1. The summed E-state index contributed by atoms with van der Waals surface area (Å²) in [5, 5.41) is 3.94. The maximum atomic E-state index is 13.4. The predicted octanol–water partition coefficient (Wildman–Crippen LogP) is 5.36. The van der Waals surface area contributed by atoms with E-state index in [1.54, 1.807) is 6.07 Å². The predicted molar refractivity (Wildman–Crippen MR) is 101 cm³/mol.